The summed E-state index contributed by atoms with van der Waals surface area (Å²) in [4.78, 5) is 2.52. The lowest BCUT2D eigenvalue weighted by atomic mass is 9.99. The van der Waals surface area contributed by atoms with Crippen molar-refractivity contribution in [2.45, 2.75) is 19.3 Å². The molecule has 1 aromatic rings. The molecule has 1 aromatic carbocycles. The quantitative estimate of drug-likeness (QED) is 0.800. The van der Waals surface area contributed by atoms with Crippen molar-refractivity contribution < 1.29 is 0 Å². The normalized spacial score (nSPS) is 19.0. The molecule has 1 atom stereocenters. The molecule has 1 saturated heterocycles. The Bertz CT molecular complexity index is 307. The molecule has 2 heteroatoms. The molecular weight excluding hydrogens is 238 g/mol. The number of benzene rings is 1. The zero-order chi connectivity index (χ0) is 9.97. The third-order valence-electron chi connectivity index (χ3n) is 2.90. The first-order chi connectivity index (χ1) is 6.75. The lowest BCUT2D eigenvalue weighted by molar-refractivity contribution is 0.172. The van der Waals surface area contributed by atoms with Crippen LogP contribution in [0.3, 0.4) is 0 Å². The maximum atomic E-state index is 3.51. The summed E-state index contributed by atoms with van der Waals surface area (Å²) < 4.78 is 1.19. The minimum atomic E-state index is 0.646. The molecule has 1 aliphatic heterocycles. The molecular formula is C12H16BrN. The Kier molecular flexibility index (Phi) is 3.24. The van der Waals surface area contributed by atoms with Gasteiger partial charge in [0.1, 0.15) is 0 Å². The van der Waals surface area contributed by atoms with E-state index < -0.39 is 0 Å². The van der Waals surface area contributed by atoms with Gasteiger partial charge in [0.2, 0.25) is 0 Å². The van der Waals surface area contributed by atoms with Crippen LogP contribution < -0.4 is 0 Å². The average Bonchev–Trinajstić information content (AvgIpc) is 2.11. The molecule has 0 aromatic heterocycles. The highest BCUT2D eigenvalue weighted by molar-refractivity contribution is 9.10. The van der Waals surface area contributed by atoms with Gasteiger partial charge in [-0.1, -0.05) is 35.0 Å². The van der Waals surface area contributed by atoms with Crippen LogP contribution in [0.15, 0.2) is 28.7 Å². The molecule has 14 heavy (non-hydrogen) atoms. The van der Waals surface area contributed by atoms with E-state index in [1.807, 2.05) is 0 Å². The van der Waals surface area contributed by atoms with Gasteiger partial charge in [-0.05, 0) is 43.1 Å². The second-order valence-electron chi connectivity index (χ2n) is 4.11. The van der Waals surface area contributed by atoms with Gasteiger partial charge in [-0.25, -0.2) is 0 Å². The Labute approximate surface area is 94.2 Å². The van der Waals surface area contributed by atoms with Gasteiger partial charge in [-0.2, -0.15) is 0 Å². The summed E-state index contributed by atoms with van der Waals surface area (Å²) in [5.74, 6) is 0.646. The van der Waals surface area contributed by atoms with Gasteiger partial charge in [0.05, 0.1) is 0 Å². The Balaban J connectivity index is 1.98. The maximum absolute atomic E-state index is 3.51. The maximum Gasteiger partial charge on any atom is 0.0178 e. The van der Waals surface area contributed by atoms with Crippen LogP contribution in [0.2, 0.25) is 0 Å². The lowest BCUT2D eigenvalue weighted by Gasteiger charge is -2.33. The average molecular weight is 254 g/mol. The first-order valence-electron chi connectivity index (χ1n) is 5.23. The molecule has 1 aliphatic rings. The molecule has 0 N–H and O–H groups in total. The predicted molar refractivity (Wildman–Crippen MR) is 63.6 cm³/mol. The van der Waals surface area contributed by atoms with Crippen molar-refractivity contribution in [1.82, 2.24) is 4.90 Å². The van der Waals surface area contributed by atoms with Crippen LogP contribution in [0.5, 0.6) is 0 Å². The molecule has 0 amide bonds. The minimum Gasteiger partial charge on any atom is -0.303 e. The highest BCUT2D eigenvalue weighted by Gasteiger charge is 2.17. The molecule has 1 heterocycles. The smallest absolute Gasteiger partial charge is 0.0178 e. The molecule has 0 radical (unpaired) electrons. The summed E-state index contributed by atoms with van der Waals surface area (Å²) in [5.41, 5.74) is 1.44. The fraction of sp³-hybridized carbons (Fsp3) is 0.500. The molecule has 1 fully saturated rings. The monoisotopic (exact) mass is 253 g/mol. The second kappa shape index (κ2) is 4.45. The van der Waals surface area contributed by atoms with Gasteiger partial charge < -0.3 is 4.90 Å². The van der Waals surface area contributed by atoms with E-state index in [-0.39, 0.29) is 0 Å². The molecule has 0 bridgehead atoms. The summed E-state index contributed by atoms with van der Waals surface area (Å²) in [6.07, 6.45) is 1.38. The molecule has 0 aliphatic carbocycles. The first kappa shape index (κ1) is 10.2. The number of hydrogen-bond acceptors (Lipinski definition) is 1. The van der Waals surface area contributed by atoms with Gasteiger partial charge in [0, 0.05) is 11.0 Å². The first-order valence-corrected chi connectivity index (χ1v) is 6.03. The van der Waals surface area contributed by atoms with Crippen LogP contribution in [0.4, 0.5) is 0 Å². The Hall–Kier alpha value is -0.340. The molecule has 2 rings (SSSR count). The van der Waals surface area contributed by atoms with Crippen LogP contribution in [0.25, 0.3) is 0 Å². The van der Waals surface area contributed by atoms with Gasteiger partial charge >= 0.3 is 0 Å². The van der Waals surface area contributed by atoms with E-state index in [2.05, 4.69) is 52.0 Å². The Morgan fingerprint density at radius 3 is 2.79 bits per heavy atom. The van der Waals surface area contributed by atoms with Crippen molar-refractivity contribution in [3.63, 3.8) is 0 Å². The molecule has 0 saturated carbocycles. The van der Waals surface area contributed by atoms with Crippen LogP contribution in [0, 0.1) is 0 Å². The summed E-state index contributed by atoms with van der Waals surface area (Å²) in [6.45, 7) is 6.09. The highest BCUT2D eigenvalue weighted by Crippen LogP contribution is 2.22. The summed E-state index contributed by atoms with van der Waals surface area (Å²) in [7, 11) is 0. The SMILES string of the molecule is CC(CN1CCC1)c1cccc(Br)c1. The van der Waals surface area contributed by atoms with Gasteiger partial charge in [0.15, 0.2) is 0 Å². The molecule has 1 unspecified atom stereocenters. The van der Waals surface area contributed by atoms with Gasteiger partial charge in [-0.15, -0.1) is 0 Å². The van der Waals surface area contributed by atoms with Crippen molar-refractivity contribution in [2.75, 3.05) is 19.6 Å². The number of likely N-dealkylation sites (tertiary alicyclic amines) is 1. The zero-order valence-corrected chi connectivity index (χ0v) is 10.1. The van der Waals surface area contributed by atoms with Gasteiger partial charge in [0.25, 0.3) is 0 Å². The van der Waals surface area contributed by atoms with Crippen molar-refractivity contribution >= 4 is 15.9 Å². The minimum absolute atomic E-state index is 0.646. The van der Waals surface area contributed by atoms with E-state index in [9.17, 15) is 0 Å². The zero-order valence-electron chi connectivity index (χ0n) is 8.54. The fourth-order valence-electron chi connectivity index (χ4n) is 1.87. The standard InChI is InChI=1S/C12H16BrN/c1-10(9-14-6-3-7-14)11-4-2-5-12(13)8-11/h2,4-5,8,10H,3,6-7,9H2,1H3. The van der Waals surface area contributed by atoms with Crippen molar-refractivity contribution in [1.29, 1.82) is 0 Å². The van der Waals surface area contributed by atoms with Crippen molar-refractivity contribution in [3.05, 3.63) is 34.3 Å². The Morgan fingerprint density at radius 1 is 1.43 bits per heavy atom. The van der Waals surface area contributed by atoms with Crippen LogP contribution >= 0.6 is 15.9 Å². The molecule has 0 spiro atoms. The summed E-state index contributed by atoms with van der Waals surface area (Å²) in [5, 5.41) is 0. The van der Waals surface area contributed by atoms with Crippen LogP contribution in [-0.4, -0.2) is 24.5 Å². The fourth-order valence-corrected chi connectivity index (χ4v) is 2.29. The third kappa shape index (κ3) is 2.37. The molecule has 1 nitrogen and oxygen atoms in total. The van der Waals surface area contributed by atoms with E-state index >= 15 is 0 Å². The van der Waals surface area contributed by atoms with E-state index in [0.717, 1.165) is 0 Å². The molecule has 76 valence electrons. The second-order valence-corrected chi connectivity index (χ2v) is 5.03. The van der Waals surface area contributed by atoms with Crippen LogP contribution in [-0.2, 0) is 0 Å². The van der Waals surface area contributed by atoms with Crippen LogP contribution in [0.1, 0.15) is 24.8 Å². The summed E-state index contributed by atoms with van der Waals surface area (Å²) >= 11 is 3.51. The number of halogens is 1. The summed E-state index contributed by atoms with van der Waals surface area (Å²) in [6, 6.07) is 8.64. The number of rotatable bonds is 3. The van der Waals surface area contributed by atoms with Crippen molar-refractivity contribution in [3.8, 4) is 0 Å². The number of hydrogen-bond donors (Lipinski definition) is 0. The van der Waals surface area contributed by atoms with Gasteiger partial charge in [-0.3, -0.25) is 0 Å². The Morgan fingerprint density at radius 2 is 2.21 bits per heavy atom. The van der Waals surface area contributed by atoms with E-state index in [1.54, 1.807) is 0 Å². The predicted octanol–water partition coefficient (Wildman–Crippen LogP) is 3.26. The lowest BCUT2D eigenvalue weighted by Crippen LogP contribution is -2.39. The van der Waals surface area contributed by atoms with Crippen molar-refractivity contribution in [2.24, 2.45) is 0 Å². The van der Waals surface area contributed by atoms with E-state index in [4.69, 9.17) is 0 Å². The number of nitrogens with zero attached hydrogens (tertiary/aromatic N) is 1. The largest absolute Gasteiger partial charge is 0.303 e. The van der Waals surface area contributed by atoms with E-state index in [0.29, 0.717) is 5.92 Å². The van der Waals surface area contributed by atoms with E-state index in [1.165, 1.54) is 36.1 Å². The third-order valence-corrected chi connectivity index (χ3v) is 3.39. The highest BCUT2D eigenvalue weighted by atomic mass is 79.9. The topological polar surface area (TPSA) is 3.24 Å².